The van der Waals surface area contributed by atoms with E-state index in [-0.39, 0.29) is 0 Å². The minimum atomic E-state index is 0.517. The SMILES string of the molecule is CNc1ncnc(NC2CC(C)C2)c1OC. The molecule has 1 aliphatic carbocycles. The number of hydrogen-bond acceptors (Lipinski definition) is 5. The normalized spacial score (nSPS) is 23.4. The Morgan fingerprint density at radius 3 is 2.56 bits per heavy atom. The van der Waals surface area contributed by atoms with Gasteiger partial charge in [-0.1, -0.05) is 6.92 Å². The van der Waals surface area contributed by atoms with Gasteiger partial charge in [-0.15, -0.1) is 0 Å². The molecule has 1 fully saturated rings. The van der Waals surface area contributed by atoms with Crippen molar-refractivity contribution in [2.45, 2.75) is 25.8 Å². The van der Waals surface area contributed by atoms with Crippen LogP contribution < -0.4 is 15.4 Å². The van der Waals surface area contributed by atoms with Gasteiger partial charge in [0.05, 0.1) is 7.11 Å². The van der Waals surface area contributed by atoms with Crippen LogP contribution in [-0.2, 0) is 0 Å². The summed E-state index contributed by atoms with van der Waals surface area (Å²) in [6.07, 6.45) is 3.93. The van der Waals surface area contributed by atoms with Crippen LogP contribution >= 0.6 is 0 Å². The summed E-state index contributed by atoms with van der Waals surface area (Å²) in [5, 5.41) is 6.38. The summed E-state index contributed by atoms with van der Waals surface area (Å²) in [5.41, 5.74) is 0. The molecule has 0 atom stereocenters. The van der Waals surface area contributed by atoms with Gasteiger partial charge in [-0.2, -0.15) is 0 Å². The van der Waals surface area contributed by atoms with Gasteiger partial charge < -0.3 is 15.4 Å². The molecule has 5 heteroatoms. The van der Waals surface area contributed by atoms with Gasteiger partial charge in [-0.3, -0.25) is 0 Å². The molecule has 0 unspecified atom stereocenters. The van der Waals surface area contributed by atoms with Crippen LogP contribution in [-0.4, -0.2) is 30.2 Å². The highest BCUT2D eigenvalue weighted by atomic mass is 16.5. The zero-order valence-corrected chi connectivity index (χ0v) is 9.95. The lowest BCUT2D eigenvalue weighted by Crippen LogP contribution is -2.34. The van der Waals surface area contributed by atoms with Crippen LogP contribution in [0, 0.1) is 5.92 Å². The highest BCUT2D eigenvalue weighted by Crippen LogP contribution is 2.34. The standard InChI is InChI=1S/C11H18N4O/c1-7-4-8(5-7)15-11-9(16-3)10(12-2)13-6-14-11/h6-8H,4-5H2,1-3H3,(H2,12,13,14,15). The Morgan fingerprint density at radius 1 is 1.31 bits per heavy atom. The van der Waals surface area contributed by atoms with Crippen molar-refractivity contribution in [2.75, 3.05) is 24.8 Å². The van der Waals surface area contributed by atoms with E-state index in [1.165, 1.54) is 12.8 Å². The molecule has 1 aromatic heterocycles. The second-order valence-electron chi connectivity index (χ2n) is 4.27. The minimum Gasteiger partial charge on any atom is -0.490 e. The predicted octanol–water partition coefficient (Wildman–Crippen LogP) is 1.74. The number of rotatable bonds is 4. The molecule has 0 radical (unpaired) electrons. The van der Waals surface area contributed by atoms with Gasteiger partial charge in [0.2, 0.25) is 5.75 Å². The predicted molar refractivity (Wildman–Crippen MR) is 63.9 cm³/mol. The lowest BCUT2D eigenvalue weighted by molar-refractivity contribution is 0.307. The number of nitrogens with zero attached hydrogens (tertiary/aromatic N) is 2. The Bertz CT molecular complexity index is 363. The average Bonchev–Trinajstić information content (AvgIpc) is 2.26. The van der Waals surface area contributed by atoms with Gasteiger partial charge in [0.15, 0.2) is 11.6 Å². The first-order valence-electron chi connectivity index (χ1n) is 5.58. The van der Waals surface area contributed by atoms with Gasteiger partial charge >= 0.3 is 0 Å². The van der Waals surface area contributed by atoms with Crippen LogP contribution in [0.25, 0.3) is 0 Å². The van der Waals surface area contributed by atoms with Gasteiger partial charge in [0.1, 0.15) is 6.33 Å². The van der Waals surface area contributed by atoms with Gasteiger partial charge in [-0.05, 0) is 18.8 Å². The first-order chi connectivity index (χ1) is 7.74. The van der Waals surface area contributed by atoms with Crippen molar-refractivity contribution in [1.82, 2.24) is 9.97 Å². The fourth-order valence-corrected chi connectivity index (χ4v) is 2.06. The maximum Gasteiger partial charge on any atom is 0.204 e. The zero-order valence-electron chi connectivity index (χ0n) is 9.95. The largest absolute Gasteiger partial charge is 0.490 e. The van der Waals surface area contributed by atoms with E-state index in [1.807, 2.05) is 7.05 Å². The summed E-state index contributed by atoms with van der Waals surface area (Å²) < 4.78 is 5.31. The van der Waals surface area contributed by atoms with E-state index in [1.54, 1.807) is 13.4 Å². The van der Waals surface area contributed by atoms with E-state index in [9.17, 15) is 0 Å². The van der Waals surface area contributed by atoms with Crippen molar-refractivity contribution in [3.8, 4) is 5.75 Å². The molecule has 2 rings (SSSR count). The van der Waals surface area contributed by atoms with Crippen molar-refractivity contribution < 1.29 is 4.74 Å². The van der Waals surface area contributed by atoms with Crippen molar-refractivity contribution in [2.24, 2.45) is 5.92 Å². The van der Waals surface area contributed by atoms with Crippen LogP contribution in [0.1, 0.15) is 19.8 Å². The molecular formula is C11H18N4O. The monoisotopic (exact) mass is 222 g/mol. The summed E-state index contributed by atoms with van der Waals surface area (Å²) in [6, 6.07) is 0.517. The summed E-state index contributed by atoms with van der Waals surface area (Å²) in [6.45, 7) is 2.26. The molecule has 2 N–H and O–H groups in total. The summed E-state index contributed by atoms with van der Waals surface area (Å²) in [4.78, 5) is 8.33. The van der Waals surface area contributed by atoms with E-state index >= 15 is 0 Å². The molecule has 1 saturated carbocycles. The second kappa shape index (κ2) is 4.55. The third-order valence-corrected chi connectivity index (χ3v) is 2.96. The molecule has 0 aliphatic heterocycles. The topological polar surface area (TPSA) is 59.1 Å². The number of anilines is 2. The third kappa shape index (κ3) is 2.03. The van der Waals surface area contributed by atoms with Gasteiger partial charge in [-0.25, -0.2) is 9.97 Å². The average molecular weight is 222 g/mol. The zero-order chi connectivity index (χ0) is 11.5. The van der Waals surface area contributed by atoms with Crippen LogP contribution in [0.4, 0.5) is 11.6 Å². The Hall–Kier alpha value is -1.52. The number of ether oxygens (including phenoxy) is 1. The summed E-state index contributed by atoms with van der Waals surface area (Å²) in [5.74, 6) is 2.99. The lowest BCUT2D eigenvalue weighted by atomic mass is 9.82. The first-order valence-corrected chi connectivity index (χ1v) is 5.58. The third-order valence-electron chi connectivity index (χ3n) is 2.96. The highest BCUT2D eigenvalue weighted by molar-refractivity contribution is 5.63. The van der Waals surface area contributed by atoms with E-state index in [4.69, 9.17) is 4.74 Å². The van der Waals surface area contributed by atoms with Crippen LogP contribution in [0.15, 0.2) is 6.33 Å². The second-order valence-corrected chi connectivity index (χ2v) is 4.27. The van der Waals surface area contributed by atoms with E-state index in [2.05, 4.69) is 27.5 Å². The van der Waals surface area contributed by atoms with Crippen LogP contribution in [0.2, 0.25) is 0 Å². The van der Waals surface area contributed by atoms with Crippen LogP contribution in [0.3, 0.4) is 0 Å². The molecule has 0 aromatic carbocycles. The molecule has 0 saturated heterocycles. The van der Waals surface area contributed by atoms with E-state index in [0.29, 0.717) is 17.6 Å². The molecule has 88 valence electrons. The van der Waals surface area contributed by atoms with E-state index in [0.717, 1.165) is 11.7 Å². The number of hydrogen-bond donors (Lipinski definition) is 2. The Morgan fingerprint density at radius 2 is 2.00 bits per heavy atom. The molecule has 1 aliphatic rings. The molecule has 0 spiro atoms. The van der Waals surface area contributed by atoms with Crippen molar-refractivity contribution in [3.05, 3.63) is 6.33 Å². The fraction of sp³-hybridized carbons (Fsp3) is 0.636. The molecule has 1 aromatic rings. The quantitative estimate of drug-likeness (QED) is 0.812. The molecule has 0 amide bonds. The van der Waals surface area contributed by atoms with Gasteiger partial charge in [0.25, 0.3) is 0 Å². The molecule has 1 heterocycles. The lowest BCUT2D eigenvalue weighted by Gasteiger charge is -2.33. The fourth-order valence-electron chi connectivity index (χ4n) is 2.06. The van der Waals surface area contributed by atoms with E-state index < -0.39 is 0 Å². The first kappa shape index (κ1) is 11.0. The summed E-state index contributed by atoms with van der Waals surface area (Å²) in [7, 11) is 3.45. The van der Waals surface area contributed by atoms with Gasteiger partial charge in [0, 0.05) is 13.1 Å². The maximum absolute atomic E-state index is 5.31. The number of aromatic nitrogens is 2. The number of methoxy groups -OCH3 is 1. The Kier molecular flexibility index (Phi) is 3.12. The van der Waals surface area contributed by atoms with Crippen LogP contribution in [0.5, 0.6) is 5.75 Å². The number of nitrogens with one attached hydrogen (secondary N) is 2. The van der Waals surface area contributed by atoms with Crippen molar-refractivity contribution in [3.63, 3.8) is 0 Å². The smallest absolute Gasteiger partial charge is 0.204 e. The Balaban J connectivity index is 2.13. The molecular weight excluding hydrogens is 204 g/mol. The van der Waals surface area contributed by atoms with Crippen molar-refractivity contribution in [1.29, 1.82) is 0 Å². The molecule has 0 bridgehead atoms. The summed E-state index contributed by atoms with van der Waals surface area (Å²) >= 11 is 0. The minimum absolute atomic E-state index is 0.517. The maximum atomic E-state index is 5.31. The Labute approximate surface area is 95.6 Å². The molecule has 5 nitrogen and oxygen atoms in total. The molecule has 16 heavy (non-hydrogen) atoms. The highest BCUT2D eigenvalue weighted by Gasteiger charge is 2.26. The van der Waals surface area contributed by atoms with Crippen molar-refractivity contribution >= 4 is 11.6 Å².